The van der Waals surface area contributed by atoms with Crippen LogP contribution in [0.25, 0.3) is 0 Å². The number of hydrogen-bond donors (Lipinski definition) is 1. The molecule has 1 aromatic carbocycles. The molecule has 0 saturated carbocycles. The molecule has 5 rings (SSSR count). The second kappa shape index (κ2) is 11.9. The Bertz CT molecular complexity index is 965. The molecule has 0 unspecified atom stereocenters. The average Bonchev–Trinajstić information content (AvgIpc) is 3.47. The topological polar surface area (TPSA) is 67.8 Å². The third kappa shape index (κ3) is 6.24. The maximum absolute atomic E-state index is 13.1. The van der Waals surface area contributed by atoms with E-state index in [4.69, 9.17) is 0 Å². The molecule has 3 fully saturated rings. The van der Waals surface area contributed by atoms with Gasteiger partial charge in [-0.15, -0.1) is 10.2 Å². The summed E-state index contributed by atoms with van der Waals surface area (Å²) in [5, 5.41) is 12.1. The van der Waals surface area contributed by atoms with Gasteiger partial charge in [-0.3, -0.25) is 9.69 Å². The van der Waals surface area contributed by atoms with Crippen LogP contribution in [0.5, 0.6) is 0 Å². The van der Waals surface area contributed by atoms with Crippen molar-refractivity contribution in [2.45, 2.75) is 32.1 Å². The summed E-state index contributed by atoms with van der Waals surface area (Å²) in [6, 6.07) is 10.9. The second-order valence-electron chi connectivity index (χ2n) is 10.2. The van der Waals surface area contributed by atoms with Crippen LogP contribution in [-0.4, -0.2) is 86.5 Å². The fourth-order valence-corrected chi connectivity index (χ4v) is 5.51. The van der Waals surface area contributed by atoms with Crippen molar-refractivity contribution in [2.24, 2.45) is 5.92 Å². The van der Waals surface area contributed by atoms with Crippen molar-refractivity contribution in [2.75, 3.05) is 80.1 Å². The molecule has 1 N–H and O–H groups in total. The highest BCUT2D eigenvalue weighted by Crippen LogP contribution is 2.24. The molecule has 4 heterocycles. The maximum atomic E-state index is 13.1. The molecule has 194 valence electrons. The maximum Gasteiger partial charge on any atom is 0.223 e. The van der Waals surface area contributed by atoms with Crippen molar-refractivity contribution in [3.63, 3.8) is 0 Å². The number of nitrogens with zero attached hydrogens (tertiary/aromatic N) is 6. The van der Waals surface area contributed by atoms with E-state index >= 15 is 0 Å². The molecule has 3 aliphatic rings. The number of amides is 1. The highest BCUT2D eigenvalue weighted by atomic mass is 19.1. The van der Waals surface area contributed by atoms with E-state index in [1.54, 1.807) is 0 Å². The van der Waals surface area contributed by atoms with Gasteiger partial charge in [0.15, 0.2) is 11.6 Å². The number of halogens is 1. The lowest BCUT2D eigenvalue weighted by Gasteiger charge is -2.36. The summed E-state index contributed by atoms with van der Waals surface area (Å²) in [6.07, 6.45) is 5.13. The first-order chi connectivity index (χ1) is 17.7. The molecule has 0 atom stereocenters. The first-order valence-electron chi connectivity index (χ1n) is 13.5. The largest absolute Gasteiger partial charge is 0.369 e. The summed E-state index contributed by atoms with van der Waals surface area (Å²) in [5.74, 6) is 1.96. The molecule has 3 aliphatic heterocycles. The lowest BCUT2D eigenvalue weighted by molar-refractivity contribution is -0.125. The molecule has 9 heteroatoms. The molecule has 0 bridgehead atoms. The van der Waals surface area contributed by atoms with Gasteiger partial charge in [0, 0.05) is 70.5 Å². The number of nitrogens with one attached hydrogen (secondary N) is 1. The highest BCUT2D eigenvalue weighted by molar-refractivity contribution is 5.78. The number of piperidine rings is 1. The molecule has 0 spiro atoms. The van der Waals surface area contributed by atoms with Crippen LogP contribution >= 0.6 is 0 Å². The summed E-state index contributed by atoms with van der Waals surface area (Å²) in [4.78, 5) is 22.0. The minimum atomic E-state index is -0.193. The highest BCUT2D eigenvalue weighted by Gasteiger charge is 2.26. The van der Waals surface area contributed by atoms with E-state index in [0.717, 1.165) is 102 Å². The van der Waals surface area contributed by atoms with Crippen molar-refractivity contribution in [1.82, 2.24) is 20.4 Å². The molecule has 3 saturated heterocycles. The van der Waals surface area contributed by atoms with Crippen LogP contribution in [0.4, 0.5) is 21.7 Å². The molecule has 1 amide bonds. The van der Waals surface area contributed by atoms with Gasteiger partial charge >= 0.3 is 0 Å². The van der Waals surface area contributed by atoms with Crippen molar-refractivity contribution < 1.29 is 9.18 Å². The number of anilines is 3. The van der Waals surface area contributed by atoms with Crippen molar-refractivity contribution in [3.05, 3.63) is 42.2 Å². The van der Waals surface area contributed by atoms with Crippen LogP contribution in [0, 0.1) is 11.7 Å². The summed E-state index contributed by atoms with van der Waals surface area (Å²) in [6.45, 7) is 9.41. The van der Waals surface area contributed by atoms with Gasteiger partial charge in [0.05, 0.1) is 0 Å². The summed E-state index contributed by atoms with van der Waals surface area (Å²) in [5.41, 5.74) is 1.08. The third-order valence-electron chi connectivity index (χ3n) is 7.77. The molecule has 1 aromatic heterocycles. The van der Waals surface area contributed by atoms with E-state index in [-0.39, 0.29) is 17.6 Å². The number of rotatable bonds is 8. The van der Waals surface area contributed by atoms with Crippen LogP contribution in [0.2, 0.25) is 0 Å². The fourth-order valence-electron chi connectivity index (χ4n) is 5.51. The first-order valence-corrected chi connectivity index (χ1v) is 13.5. The molecule has 0 aliphatic carbocycles. The standard InChI is InChI=1S/C27H38FN7O/c28-23-4-6-24(7-5-23)33-20-18-32(19-21-33)13-3-12-29-27(36)22-10-16-35(17-11-22)26-9-8-25(30-31-26)34-14-1-2-15-34/h4-9,22H,1-3,10-21H2,(H,29,36). The van der Waals surface area contributed by atoms with E-state index in [0.29, 0.717) is 0 Å². The Balaban J connectivity index is 0.963. The van der Waals surface area contributed by atoms with Gasteiger partial charge in [-0.25, -0.2) is 4.39 Å². The van der Waals surface area contributed by atoms with Gasteiger partial charge in [0.2, 0.25) is 5.91 Å². The van der Waals surface area contributed by atoms with E-state index in [1.807, 2.05) is 12.1 Å². The van der Waals surface area contributed by atoms with Crippen molar-refractivity contribution in [3.8, 4) is 0 Å². The summed E-state index contributed by atoms with van der Waals surface area (Å²) >= 11 is 0. The zero-order valence-electron chi connectivity index (χ0n) is 21.1. The Morgan fingerprint density at radius 2 is 1.42 bits per heavy atom. The molecule has 2 aromatic rings. The Labute approximate surface area is 213 Å². The number of hydrogen-bond acceptors (Lipinski definition) is 7. The number of aromatic nitrogens is 2. The number of carbonyl (C=O) groups is 1. The predicted octanol–water partition coefficient (Wildman–Crippen LogP) is 2.76. The van der Waals surface area contributed by atoms with Crippen molar-refractivity contribution >= 4 is 23.2 Å². The van der Waals surface area contributed by atoms with Gasteiger partial charge in [-0.2, -0.15) is 0 Å². The molecular formula is C27H38FN7O. The van der Waals surface area contributed by atoms with Crippen LogP contribution in [0.1, 0.15) is 32.1 Å². The molecule has 0 radical (unpaired) electrons. The van der Waals surface area contributed by atoms with E-state index < -0.39 is 0 Å². The van der Waals surface area contributed by atoms with Crippen LogP contribution < -0.4 is 20.0 Å². The van der Waals surface area contributed by atoms with E-state index in [9.17, 15) is 9.18 Å². The number of piperazine rings is 1. The minimum absolute atomic E-state index is 0.0809. The Hall–Kier alpha value is -2.94. The van der Waals surface area contributed by atoms with Crippen LogP contribution in [0.3, 0.4) is 0 Å². The lowest BCUT2D eigenvalue weighted by atomic mass is 9.96. The predicted molar refractivity (Wildman–Crippen MR) is 141 cm³/mol. The van der Waals surface area contributed by atoms with E-state index in [1.165, 1.54) is 25.0 Å². The quantitative estimate of drug-likeness (QED) is 0.565. The monoisotopic (exact) mass is 495 g/mol. The van der Waals surface area contributed by atoms with Crippen LogP contribution in [0.15, 0.2) is 36.4 Å². The smallest absolute Gasteiger partial charge is 0.223 e. The fraction of sp³-hybridized carbons (Fsp3) is 0.593. The molecular weight excluding hydrogens is 457 g/mol. The van der Waals surface area contributed by atoms with Crippen molar-refractivity contribution in [1.29, 1.82) is 0 Å². The average molecular weight is 496 g/mol. The Morgan fingerprint density at radius 3 is 2.03 bits per heavy atom. The SMILES string of the molecule is O=C(NCCCN1CCN(c2ccc(F)cc2)CC1)C1CCN(c2ccc(N3CCCC3)nn2)CC1. The number of carbonyl (C=O) groups excluding carboxylic acids is 1. The Morgan fingerprint density at radius 1 is 0.806 bits per heavy atom. The van der Waals surface area contributed by atoms with Gasteiger partial charge < -0.3 is 20.0 Å². The van der Waals surface area contributed by atoms with E-state index in [2.05, 4.69) is 47.2 Å². The minimum Gasteiger partial charge on any atom is -0.369 e. The van der Waals surface area contributed by atoms with Gasteiger partial charge in [0.25, 0.3) is 0 Å². The zero-order valence-corrected chi connectivity index (χ0v) is 21.1. The normalized spacial score (nSPS) is 19.6. The van der Waals surface area contributed by atoms with Gasteiger partial charge in [-0.1, -0.05) is 0 Å². The summed E-state index contributed by atoms with van der Waals surface area (Å²) < 4.78 is 13.1. The molecule has 8 nitrogen and oxygen atoms in total. The lowest BCUT2D eigenvalue weighted by Crippen LogP contribution is -2.47. The third-order valence-corrected chi connectivity index (χ3v) is 7.77. The first kappa shape index (κ1) is 24.7. The summed E-state index contributed by atoms with van der Waals surface area (Å²) in [7, 11) is 0. The van der Waals surface area contributed by atoms with Gasteiger partial charge in [-0.05, 0) is 75.0 Å². The second-order valence-corrected chi connectivity index (χ2v) is 10.2. The Kier molecular flexibility index (Phi) is 8.15. The molecule has 36 heavy (non-hydrogen) atoms. The van der Waals surface area contributed by atoms with Crippen LogP contribution in [-0.2, 0) is 4.79 Å². The van der Waals surface area contributed by atoms with Gasteiger partial charge in [0.1, 0.15) is 5.82 Å². The zero-order chi connectivity index (χ0) is 24.7. The number of benzene rings is 1.